The molecule has 1 fully saturated rings. The summed E-state index contributed by atoms with van der Waals surface area (Å²) in [5, 5.41) is 14.0. The average molecular weight is 415 g/mol. The van der Waals surface area contributed by atoms with Gasteiger partial charge in [0.05, 0.1) is 25.3 Å². The predicted molar refractivity (Wildman–Crippen MR) is 115 cm³/mol. The third kappa shape index (κ3) is 3.47. The van der Waals surface area contributed by atoms with E-state index in [-0.39, 0.29) is 0 Å². The van der Waals surface area contributed by atoms with Gasteiger partial charge in [-0.15, -0.1) is 5.10 Å². The van der Waals surface area contributed by atoms with Crippen LogP contribution in [-0.4, -0.2) is 67.9 Å². The molecule has 6 rings (SSSR count). The molecule has 0 spiro atoms. The molecular formula is C22H21N7O2. The second-order valence-corrected chi connectivity index (χ2v) is 7.67. The number of aromatic nitrogens is 6. The second kappa shape index (κ2) is 7.60. The van der Waals surface area contributed by atoms with Crippen molar-refractivity contribution in [3.05, 3.63) is 48.7 Å². The SMILES string of the molecule is c1cc2ccc(-c3nc(-c4ccc5c(c4)nnn5CCN4CCOCC4)no3)cc2[nH]1. The summed E-state index contributed by atoms with van der Waals surface area (Å²) in [6, 6.07) is 14.0. The van der Waals surface area contributed by atoms with Crippen molar-refractivity contribution in [2.75, 3.05) is 32.8 Å². The molecule has 4 heterocycles. The van der Waals surface area contributed by atoms with Crippen molar-refractivity contribution in [1.82, 2.24) is 35.0 Å². The van der Waals surface area contributed by atoms with Crippen LogP contribution in [-0.2, 0) is 11.3 Å². The van der Waals surface area contributed by atoms with Crippen molar-refractivity contribution in [2.45, 2.75) is 6.54 Å². The van der Waals surface area contributed by atoms with Gasteiger partial charge in [0.2, 0.25) is 5.82 Å². The standard InChI is InChI=1S/C22H21N7O2/c1-2-17(14-18-15(1)5-6-23-18)22-24-21(26-31-22)16-3-4-20-19(13-16)25-27-29(20)8-7-28-9-11-30-12-10-28/h1-6,13-14,23H,7-12H2. The van der Waals surface area contributed by atoms with E-state index in [9.17, 15) is 0 Å². The van der Waals surface area contributed by atoms with Crippen molar-refractivity contribution >= 4 is 21.9 Å². The van der Waals surface area contributed by atoms with Crippen LogP contribution in [0.3, 0.4) is 0 Å². The maximum atomic E-state index is 5.52. The minimum atomic E-state index is 0.487. The van der Waals surface area contributed by atoms with Crippen LogP contribution in [0.1, 0.15) is 0 Å². The Kier molecular flexibility index (Phi) is 4.47. The smallest absolute Gasteiger partial charge is 0.258 e. The first-order valence-corrected chi connectivity index (χ1v) is 10.4. The number of ether oxygens (including phenoxy) is 1. The summed E-state index contributed by atoms with van der Waals surface area (Å²) in [6.07, 6.45) is 1.91. The van der Waals surface area contributed by atoms with Crippen molar-refractivity contribution in [3.8, 4) is 22.8 Å². The summed E-state index contributed by atoms with van der Waals surface area (Å²) < 4.78 is 12.9. The maximum Gasteiger partial charge on any atom is 0.258 e. The second-order valence-electron chi connectivity index (χ2n) is 7.67. The van der Waals surface area contributed by atoms with Crippen molar-refractivity contribution in [3.63, 3.8) is 0 Å². The van der Waals surface area contributed by atoms with Crippen molar-refractivity contribution < 1.29 is 9.26 Å². The molecule has 156 valence electrons. The van der Waals surface area contributed by atoms with Crippen LogP contribution in [0.5, 0.6) is 0 Å². The Balaban J connectivity index is 1.23. The molecule has 0 unspecified atom stereocenters. The number of hydrogen-bond acceptors (Lipinski definition) is 7. The molecule has 2 aromatic carbocycles. The molecule has 0 saturated carbocycles. The lowest BCUT2D eigenvalue weighted by Crippen LogP contribution is -2.38. The number of rotatable bonds is 5. The van der Waals surface area contributed by atoms with E-state index < -0.39 is 0 Å². The van der Waals surface area contributed by atoms with Crippen LogP contribution in [0.15, 0.2) is 53.2 Å². The van der Waals surface area contributed by atoms with Gasteiger partial charge in [-0.25, -0.2) is 4.68 Å². The fourth-order valence-electron chi connectivity index (χ4n) is 3.98. The van der Waals surface area contributed by atoms with Crippen LogP contribution in [0.2, 0.25) is 0 Å². The lowest BCUT2D eigenvalue weighted by atomic mass is 10.1. The van der Waals surface area contributed by atoms with E-state index in [2.05, 4.69) is 30.3 Å². The summed E-state index contributed by atoms with van der Waals surface area (Å²) in [4.78, 5) is 10.2. The Morgan fingerprint density at radius 2 is 1.87 bits per heavy atom. The number of H-pyrrole nitrogens is 1. The fraction of sp³-hybridized carbons (Fsp3) is 0.273. The Bertz CT molecular complexity index is 1350. The van der Waals surface area contributed by atoms with E-state index in [1.165, 1.54) is 0 Å². The number of hydrogen-bond donors (Lipinski definition) is 1. The van der Waals surface area contributed by atoms with Crippen molar-refractivity contribution in [1.29, 1.82) is 0 Å². The largest absolute Gasteiger partial charge is 0.379 e. The topological polar surface area (TPSA) is 97.9 Å². The summed E-state index contributed by atoms with van der Waals surface area (Å²) in [6.45, 7) is 5.26. The number of nitrogens with zero attached hydrogens (tertiary/aromatic N) is 6. The third-order valence-corrected chi connectivity index (χ3v) is 5.73. The van der Waals surface area contributed by atoms with Crippen molar-refractivity contribution in [2.24, 2.45) is 0 Å². The third-order valence-electron chi connectivity index (χ3n) is 5.73. The van der Waals surface area contributed by atoms with E-state index in [1.807, 2.05) is 53.3 Å². The zero-order chi connectivity index (χ0) is 20.6. The Labute approximate surface area is 177 Å². The Morgan fingerprint density at radius 3 is 2.81 bits per heavy atom. The number of benzene rings is 2. The van der Waals surface area contributed by atoms with Crippen LogP contribution in [0.25, 0.3) is 44.8 Å². The molecule has 0 atom stereocenters. The molecule has 0 aliphatic carbocycles. The first-order valence-electron chi connectivity index (χ1n) is 10.4. The monoisotopic (exact) mass is 415 g/mol. The molecule has 1 saturated heterocycles. The number of aromatic amines is 1. The van der Waals surface area contributed by atoms with Gasteiger partial charge in [-0.2, -0.15) is 4.98 Å². The van der Waals surface area contributed by atoms with E-state index >= 15 is 0 Å². The zero-order valence-corrected chi connectivity index (χ0v) is 16.9. The first-order chi connectivity index (χ1) is 15.3. The highest BCUT2D eigenvalue weighted by atomic mass is 16.5. The van der Waals surface area contributed by atoms with Gasteiger partial charge < -0.3 is 14.2 Å². The highest BCUT2D eigenvalue weighted by Crippen LogP contribution is 2.26. The molecule has 0 radical (unpaired) electrons. The molecule has 1 N–H and O–H groups in total. The van der Waals surface area contributed by atoms with Crippen LogP contribution in [0.4, 0.5) is 0 Å². The summed E-state index contributed by atoms with van der Waals surface area (Å²) in [7, 11) is 0. The number of nitrogens with one attached hydrogen (secondary N) is 1. The van der Waals surface area contributed by atoms with E-state index in [0.29, 0.717) is 11.7 Å². The highest BCUT2D eigenvalue weighted by Gasteiger charge is 2.15. The van der Waals surface area contributed by atoms with E-state index in [0.717, 1.165) is 72.5 Å². The molecule has 9 heteroatoms. The summed E-state index contributed by atoms with van der Waals surface area (Å²) >= 11 is 0. The lowest BCUT2D eigenvalue weighted by molar-refractivity contribution is 0.0360. The summed E-state index contributed by atoms with van der Waals surface area (Å²) in [5.74, 6) is 1.02. The maximum absolute atomic E-state index is 5.52. The lowest BCUT2D eigenvalue weighted by Gasteiger charge is -2.26. The van der Waals surface area contributed by atoms with Crippen LogP contribution < -0.4 is 0 Å². The highest BCUT2D eigenvalue weighted by molar-refractivity contribution is 5.84. The molecule has 0 amide bonds. The molecule has 31 heavy (non-hydrogen) atoms. The number of fused-ring (bicyclic) bond motifs is 2. The zero-order valence-electron chi connectivity index (χ0n) is 16.9. The minimum absolute atomic E-state index is 0.487. The van der Waals surface area contributed by atoms with E-state index in [1.54, 1.807) is 0 Å². The molecule has 1 aliphatic rings. The minimum Gasteiger partial charge on any atom is -0.379 e. The number of morpholine rings is 1. The molecular weight excluding hydrogens is 394 g/mol. The average Bonchev–Trinajstić information content (AvgIpc) is 3.57. The van der Waals surface area contributed by atoms with Gasteiger partial charge >= 0.3 is 0 Å². The van der Waals surface area contributed by atoms with Gasteiger partial charge in [0.15, 0.2) is 0 Å². The van der Waals surface area contributed by atoms with Gasteiger partial charge in [-0.3, -0.25) is 4.90 Å². The molecule has 9 nitrogen and oxygen atoms in total. The van der Waals surface area contributed by atoms with Crippen LogP contribution in [0, 0.1) is 0 Å². The molecule has 5 aromatic rings. The quantitative estimate of drug-likeness (QED) is 0.471. The van der Waals surface area contributed by atoms with Gasteiger partial charge in [0.1, 0.15) is 5.52 Å². The predicted octanol–water partition coefficient (Wildman–Crippen LogP) is 2.96. The van der Waals surface area contributed by atoms with Gasteiger partial charge in [0, 0.05) is 42.5 Å². The normalized spacial score (nSPS) is 15.2. The Hall–Kier alpha value is -3.56. The Morgan fingerprint density at radius 1 is 0.968 bits per heavy atom. The molecule has 0 bridgehead atoms. The first kappa shape index (κ1) is 18.2. The van der Waals surface area contributed by atoms with Crippen LogP contribution >= 0.6 is 0 Å². The molecule has 3 aromatic heterocycles. The summed E-state index contributed by atoms with van der Waals surface area (Å²) in [5.41, 5.74) is 4.58. The fourth-order valence-corrected chi connectivity index (χ4v) is 3.98. The van der Waals surface area contributed by atoms with Gasteiger partial charge in [0.25, 0.3) is 5.89 Å². The van der Waals surface area contributed by atoms with Gasteiger partial charge in [-0.05, 0) is 41.8 Å². The van der Waals surface area contributed by atoms with E-state index in [4.69, 9.17) is 9.26 Å². The molecule has 1 aliphatic heterocycles. The van der Waals surface area contributed by atoms with Gasteiger partial charge in [-0.1, -0.05) is 16.4 Å².